The Labute approximate surface area is 229 Å². The Balaban J connectivity index is 1.21. The molecule has 0 bridgehead atoms. The molecule has 0 saturated heterocycles. The lowest BCUT2D eigenvalue weighted by Gasteiger charge is -2.21. The van der Waals surface area contributed by atoms with Crippen molar-refractivity contribution >= 4 is 11.9 Å². The third-order valence-electron chi connectivity index (χ3n) is 8.46. The summed E-state index contributed by atoms with van der Waals surface area (Å²) in [5.74, 6) is 0.0748. The molecule has 0 heterocycles. The van der Waals surface area contributed by atoms with Crippen LogP contribution in [0.2, 0.25) is 0 Å². The Bertz CT molecular complexity index is 501. The van der Waals surface area contributed by atoms with Crippen LogP contribution in [-0.4, -0.2) is 24.1 Å². The maximum Gasteiger partial charge on any atom is 0.306 e. The van der Waals surface area contributed by atoms with Gasteiger partial charge in [0.25, 0.3) is 0 Å². The van der Waals surface area contributed by atoms with Gasteiger partial charge >= 0.3 is 11.9 Å². The van der Waals surface area contributed by atoms with Crippen LogP contribution < -0.4 is 0 Å². The SMILES string of the molecule is O=C(CCCCCCCCCCCCCCCCCCCC(=O)OC1CCCCC1)OC1CCCCC1. The molecule has 2 rings (SSSR count). The minimum absolute atomic E-state index is 0.0374. The average Bonchev–Trinajstić information content (AvgIpc) is 2.91. The topological polar surface area (TPSA) is 52.6 Å². The number of hydrogen-bond donors (Lipinski definition) is 0. The van der Waals surface area contributed by atoms with Gasteiger partial charge in [-0.25, -0.2) is 0 Å². The molecule has 2 aliphatic rings. The lowest BCUT2D eigenvalue weighted by atomic mass is 9.98. The van der Waals surface area contributed by atoms with E-state index >= 15 is 0 Å². The fourth-order valence-electron chi connectivity index (χ4n) is 6.05. The standard InChI is InChI=1S/C33H60O4/c34-32(36-30-24-18-16-19-25-30)28-22-14-12-10-8-6-4-2-1-3-5-7-9-11-13-15-23-29-33(35)37-31-26-20-17-21-27-31/h30-31H,1-29H2. The van der Waals surface area contributed by atoms with E-state index in [1.807, 2.05) is 0 Å². The number of rotatable bonds is 22. The van der Waals surface area contributed by atoms with E-state index in [-0.39, 0.29) is 24.1 Å². The Morgan fingerprint density at radius 3 is 0.892 bits per heavy atom. The first-order valence-electron chi connectivity index (χ1n) is 16.6. The van der Waals surface area contributed by atoms with Crippen LogP contribution >= 0.6 is 0 Å². The molecule has 0 unspecified atom stereocenters. The van der Waals surface area contributed by atoms with E-state index in [9.17, 15) is 9.59 Å². The van der Waals surface area contributed by atoms with Crippen LogP contribution in [0.25, 0.3) is 0 Å². The van der Waals surface area contributed by atoms with E-state index in [0.29, 0.717) is 12.8 Å². The van der Waals surface area contributed by atoms with Crippen molar-refractivity contribution in [3.05, 3.63) is 0 Å². The zero-order chi connectivity index (χ0) is 26.2. The van der Waals surface area contributed by atoms with Gasteiger partial charge in [-0.2, -0.15) is 0 Å². The first-order chi connectivity index (χ1) is 18.2. The predicted molar refractivity (Wildman–Crippen MR) is 154 cm³/mol. The zero-order valence-corrected chi connectivity index (χ0v) is 24.3. The smallest absolute Gasteiger partial charge is 0.306 e. The summed E-state index contributed by atoms with van der Waals surface area (Å²) >= 11 is 0. The van der Waals surface area contributed by atoms with Crippen LogP contribution in [0.15, 0.2) is 0 Å². The summed E-state index contributed by atoms with van der Waals surface area (Å²) in [7, 11) is 0. The van der Waals surface area contributed by atoms with Gasteiger partial charge in [-0.05, 0) is 64.2 Å². The molecule has 37 heavy (non-hydrogen) atoms. The van der Waals surface area contributed by atoms with Gasteiger partial charge in [-0.15, -0.1) is 0 Å². The van der Waals surface area contributed by atoms with Gasteiger partial charge in [0.15, 0.2) is 0 Å². The summed E-state index contributed by atoms with van der Waals surface area (Å²) in [5, 5.41) is 0. The van der Waals surface area contributed by atoms with Crippen LogP contribution in [0, 0.1) is 0 Å². The zero-order valence-electron chi connectivity index (χ0n) is 24.3. The molecule has 0 spiro atoms. The van der Waals surface area contributed by atoms with E-state index in [1.54, 1.807) is 0 Å². The molecule has 216 valence electrons. The number of esters is 2. The third kappa shape index (κ3) is 18.8. The van der Waals surface area contributed by atoms with Crippen LogP contribution in [0.5, 0.6) is 0 Å². The van der Waals surface area contributed by atoms with Gasteiger partial charge < -0.3 is 9.47 Å². The summed E-state index contributed by atoms with van der Waals surface area (Å²) in [6.45, 7) is 0. The summed E-state index contributed by atoms with van der Waals surface area (Å²) < 4.78 is 11.2. The number of carbonyl (C=O) groups is 2. The lowest BCUT2D eigenvalue weighted by molar-refractivity contribution is -0.151. The van der Waals surface area contributed by atoms with Crippen LogP contribution in [-0.2, 0) is 19.1 Å². The summed E-state index contributed by atoms with van der Waals surface area (Å²) in [5.41, 5.74) is 0. The normalized spacial score (nSPS) is 17.1. The largest absolute Gasteiger partial charge is 0.462 e. The van der Waals surface area contributed by atoms with Gasteiger partial charge in [0.05, 0.1) is 0 Å². The molecule has 2 saturated carbocycles. The maximum absolute atomic E-state index is 11.9. The second-order valence-electron chi connectivity index (χ2n) is 12.0. The first kappa shape index (κ1) is 32.2. The number of carbonyl (C=O) groups excluding carboxylic acids is 2. The molecule has 0 aromatic heterocycles. The van der Waals surface area contributed by atoms with E-state index < -0.39 is 0 Å². The molecule has 0 amide bonds. The Hall–Kier alpha value is -1.06. The van der Waals surface area contributed by atoms with Crippen molar-refractivity contribution in [2.75, 3.05) is 0 Å². The van der Waals surface area contributed by atoms with E-state index in [2.05, 4.69) is 0 Å². The van der Waals surface area contributed by atoms with Gasteiger partial charge in [0, 0.05) is 12.8 Å². The fourth-order valence-corrected chi connectivity index (χ4v) is 6.05. The van der Waals surface area contributed by atoms with Crippen molar-refractivity contribution in [1.29, 1.82) is 0 Å². The van der Waals surface area contributed by atoms with Crippen LogP contribution in [0.3, 0.4) is 0 Å². The van der Waals surface area contributed by atoms with Gasteiger partial charge in [-0.3, -0.25) is 9.59 Å². The first-order valence-corrected chi connectivity index (χ1v) is 16.6. The van der Waals surface area contributed by atoms with Crippen molar-refractivity contribution in [2.24, 2.45) is 0 Å². The molecule has 0 aromatic rings. The molecule has 2 aliphatic carbocycles. The van der Waals surface area contributed by atoms with Crippen molar-refractivity contribution in [2.45, 2.75) is 198 Å². The molecule has 4 nitrogen and oxygen atoms in total. The molecule has 0 aromatic carbocycles. The summed E-state index contributed by atoms with van der Waals surface area (Å²) in [4.78, 5) is 23.8. The molecular weight excluding hydrogens is 460 g/mol. The second-order valence-corrected chi connectivity index (χ2v) is 12.0. The van der Waals surface area contributed by atoms with E-state index in [0.717, 1.165) is 38.5 Å². The number of unbranched alkanes of at least 4 members (excludes halogenated alkanes) is 16. The molecule has 0 aliphatic heterocycles. The van der Waals surface area contributed by atoms with Gasteiger partial charge in [0.1, 0.15) is 12.2 Å². The maximum atomic E-state index is 11.9. The fraction of sp³-hybridized carbons (Fsp3) is 0.939. The molecule has 4 heteroatoms. The molecule has 2 fully saturated rings. The molecule has 0 atom stereocenters. The minimum atomic E-state index is 0.0374. The van der Waals surface area contributed by atoms with Crippen molar-refractivity contribution in [1.82, 2.24) is 0 Å². The molecule has 0 radical (unpaired) electrons. The van der Waals surface area contributed by atoms with Crippen molar-refractivity contribution in [3.63, 3.8) is 0 Å². The van der Waals surface area contributed by atoms with E-state index in [1.165, 1.54) is 135 Å². The van der Waals surface area contributed by atoms with Gasteiger partial charge in [-0.1, -0.05) is 109 Å². The highest BCUT2D eigenvalue weighted by Crippen LogP contribution is 2.22. The van der Waals surface area contributed by atoms with Crippen LogP contribution in [0.1, 0.15) is 186 Å². The molecular formula is C33H60O4. The highest BCUT2D eigenvalue weighted by Gasteiger charge is 2.18. The van der Waals surface area contributed by atoms with Gasteiger partial charge in [0.2, 0.25) is 0 Å². The van der Waals surface area contributed by atoms with E-state index in [4.69, 9.17) is 9.47 Å². The second kappa shape index (κ2) is 22.9. The third-order valence-corrected chi connectivity index (χ3v) is 8.46. The highest BCUT2D eigenvalue weighted by atomic mass is 16.5. The average molecular weight is 521 g/mol. The quantitative estimate of drug-likeness (QED) is 0.105. The minimum Gasteiger partial charge on any atom is -0.462 e. The Kier molecular flexibility index (Phi) is 19.9. The monoisotopic (exact) mass is 520 g/mol. The predicted octanol–water partition coefficient (Wildman–Crippen LogP) is 10.2. The number of ether oxygens (including phenoxy) is 2. The lowest BCUT2D eigenvalue weighted by Crippen LogP contribution is -2.20. The Morgan fingerprint density at radius 1 is 0.378 bits per heavy atom. The van der Waals surface area contributed by atoms with Crippen molar-refractivity contribution in [3.8, 4) is 0 Å². The van der Waals surface area contributed by atoms with Crippen molar-refractivity contribution < 1.29 is 19.1 Å². The molecule has 0 N–H and O–H groups in total. The highest BCUT2D eigenvalue weighted by molar-refractivity contribution is 5.69. The summed E-state index contributed by atoms with van der Waals surface area (Å²) in [6.07, 6.45) is 35.4. The summed E-state index contributed by atoms with van der Waals surface area (Å²) in [6, 6.07) is 0. The van der Waals surface area contributed by atoms with Crippen LogP contribution in [0.4, 0.5) is 0 Å². The Morgan fingerprint density at radius 2 is 0.622 bits per heavy atom. The number of hydrogen-bond acceptors (Lipinski definition) is 4.